The molecule has 34 heavy (non-hydrogen) atoms. The van der Waals surface area contributed by atoms with Crippen LogP contribution in [0.15, 0.2) is 65.5 Å². The molecule has 0 saturated carbocycles. The first-order chi connectivity index (χ1) is 16.3. The van der Waals surface area contributed by atoms with Gasteiger partial charge in [-0.2, -0.15) is 5.26 Å². The Morgan fingerprint density at radius 1 is 1.00 bits per heavy atom. The Labute approximate surface area is 201 Å². The SMILES string of the molecule is CCCCc1ccc(CN(C)C(=O)N(C)C)c(=O)n1Cc1ccc(-c2ccccc2C#N)cc1. The number of benzene rings is 2. The summed E-state index contributed by atoms with van der Waals surface area (Å²) in [5.41, 5.74) is 5.04. The fourth-order valence-electron chi connectivity index (χ4n) is 4.00. The third-order valence-electron chi connectivity index (χ3n) is 5.90. The van der Waals surface area contributed by atoms with E-state index in [1.165, 1.54) is 4.90 Å². The summed E-state index contributed by atoms with van der Waals surface area (Å²) in [6.45, 7) is 2.85. The van der Waals surface area contributed by atoms with E-state index in [4.69, 9.17) is 0 Å². The first kappa shape index (κ1) is 24.8. The number of carbonyl (C=O) groups is 1. The lowest BCUT2D eigenvalue weighted by Gasteiger charge is -2.22. The third kappa shape index (κ3) is 5.74. The zero-order valence-corrected chi connectivity index (χ0v) is 20.4. The molecule has 0 saturated heterocycles. The van der Waals surface area contributed by atoms with Crippen molar-refractivity contribution in [1.82, 2.24) is 14.4 Å². The van der Waals surface area contributed by atoms with E-state index in [0.29, 0.717) is 17.7 Å². The molecule has 0 unspecified atom stereocenters. The van der Waals surface area contributed by atoms with Gasteiger partial charge in [0.2, 0.25) is 0 Å². The quantitative estimate of drug-likeness (QED) is 0.485. The van der Waals surface area contributed by atoms with Gasteiger partial charge in [-0.25, -0.2) is 4.79 Å². The van der Waals surface area contributed by atoms with E-state index < -0.39 is 0 Å². The minimum absolute atomic E-state index is 0.0640. The van der Waals surface area contributed by atoms with E-state index in [9.17, 15) is 14.9 Å². The largest absolute Gasteiger partial charge is 0.331 e. The molecule has 0 spiro atoms. The molecule has 0 aliphatic heterocycles. The monoisotopic (exact) mass is 456 g/mol. The Kier molecular flexibility index (Phi) is 8.26. The van der Waals surface area contributed by atoms with Crippen LogP contribution in [0.1, 0.15) is 42.1 Å². The first-order valence-electron chi connectivity index (χ1n) is 11.6. The number of aromatic nitrogens is 1. The summed E-state index contributed by atoms with van der Waals surface area (Å²) in [4.78, 5) is 28.7. The molecule has 0 fully saturated rings. The van der Waals surface area contributed by atoms with Crippen LogP contribution in [0, 0.1) is 11.3 Å². The van der Waals surface area contributed by atoms with Gasteiger partial charge in [0.25, 0.3) is 5.56 Å². The molecule has 176 valence electrons. The highest BCUT2D eigenvalue weighted by atomic mass is 16.2. The van der Waals surface area contributed by atoms with E-state index in [2.05, 4.69) is 13.0 Å². The number of urea groups is 1. The molecule has 0 N–H and O–H groups in total. The molecule has 1 heterocycles. The second-order valence-corrected chi connectivity index (χ2v) is 8.73. The molecule has 6 heteroatoms. The highest BCUT2D eigenvalue weighted by Gasteiger charge is 2.15. The first-order valence-corrected chi connectivity index (χ1v) is 11.6. The molecule has 6 nitrogen and oxygen atoms in total. The number of hydrogen-bond acceptors (Lipinski definition) is 3. The van der Waals surface area contributed by atoms with Gasteiger partial charge in [-0.05, 0) is 47.7 Å². The maximum atomic E-state index is 13.4. The average molecular weight is 457 g/mol. The fraction of sp³-hybridized carbons (Fsp3) is 0.321. The number of hydrogen-bond donors (Lipinski definition) is 0. The maximum absolute atomic E-state index is 13.4. The van der Waals surface area contributed by atoms with Crippen LogP contribution in [0.4, 0.5) is 4.79 Å². The summed E-state index contributed by atoms with van der Waals surface area (Å²) >= 11 is 0. The van der Waals surface area contributed by atoms with Crippen molar-refractivity contribution in [3.8, 4) is 17.2 Å². The van der Waals surface area contributed by atoms with Gasteiger partial charge in [-0.15, -0.1) is 0 Å². The zero-order valence-electron chi connectivity index (χ0n) is 20.4. The Morgan fingerprint density at radius 2 is 1.71 bits per heavy atom. The number of nitriles is 1. The van der Waals surface area contributed by atoms with E-state index in [-0.39, 0.29) is 18.1 Å². The van der Waals surface area contributed by atoms with Gasteiger partial charge in [0, 0.05) is 32.4 Å². The number of aryl methyl sites for hydroxylation is 1. The van der Waals surface area contributed by atoms with Crippen LogP contribution < -0.4 is 5.56 Å². The second kappa shape index (κ2) is 11.3. The molecule has 3 rings (SSSR count). The number of nitrogens with zero attached hydrogens (tertiary/aromatic N) is 4. The molecule has 0 aliphatic rings. The average Bonchev–Trinajstić information content (AvgIpc) is 2.85. The van der Waals surface area contributed by atoms with Gasteiger partial charge in [0.15, 0.2) is 0 Å². The lowest BCUT2D eigenvalue weighted by Crippen LogP contribution is -2.38. The van der Waals surface area contributed by atoms with Crippen LogP contribution in [0.5, 0.6) is 0 Å². The van der Waals surface area contributed by atoms with Crippen molar-refractivity contribution < 1.29 is 4.79 Å². The lowest BCUT2D eigenvalue weighted by atomic mass is 9.99. The van der Waals surface area contributed by atoms with Crippen molar-refractivity contribution in [2.45, 2.75) is 39.3 Å². The van der Waals surface area contributed by atoms with Crippen LogP contribution in [0.3, 0.4) is 0 Å². The van der Waals surface area contributed by atoms with Crippen LogP contribution in [0.2, 0.25) is 0 Å². The number of unbranched alkanes of at least 4 members (excludes halogenated alkanes) is 1. The van der Waals surface area contributed by atoms with Gasteiger partial charge >= 0.3 is 6.03 Å². The highest BCUT2D eigenvalue weighted by molar-refractivity contribution is 5.73. The third-order valence-corrected chi connectivity index (χ3v) is 5.90. The van der Waals surface area contributed by atoms with Crippen molar-refractivity contribution in [1.29, 1.82) is 5.26 Å². The summed E-state index contributed by atoms with van der Waals surface area (Å²) in [5, 5.41) is 9.40. The molecule has 0 aliphatic carbocycles. The smallest absolute Gasteiger partial charge is 0.319 e. The Bertz CT molecular complexity index is 1240. The molecule has 0 atom stereocenters. The van der Waals surface area contributed by atoms with E-state index in [0.717, 1.165) is 41.6 Å². The number of carbonyl (C=O) groups excluding carboxylic acids is 1. The minimum atomic E-state index is -0.144. The Hall–Kier alpha value is -3.85. The van der Waals surface area contributed by atoms with Gasteiger partial charge < -0.3 is 14.4 Å². The van der Waals surface area contributed by atoms with E-state index >= 15 is 0 Å². The highest BCUT2D eigenvalue weighted by Crippen LogP contribution is 2.24. The van der Waals surface area contributed by atoms with Gasteiger partial charge in [0.1, 0.15) is 0 Å². The molecular formula is C28H32N4O2. The molecule has 0 radical (unpaired) electrons. The topological polar surface area (TPSA) is 69.3 Å². The summed E-state index contributed by atoms with van der Waals surface area (Å²) < 4.78 is 1.83. The van der Waals surface area contributed by atoms with Gasteiger partial charge in [-0.3, -0.25) is 4.79 Å². The molecule has 3 aromatic rings. The number of amides is 2. The van der Waals surface area contributed by atoms with Crippen molar-refractivity contribution in [3.05, 3.63) is 93.4 Å². The van der Waals surface area contributed by atoms with Gasteiger partial charge in [-0.1, -0.05) is 55.8 Å². The van der Waals surface area contributed by atoms with Crippen molar-refractivity contribution >= 4 is 6.03 Å². The Morgan fingerprint density at radius 3 is 2.35 bits per heavy atom. The van der Waals surface area contributed by atoms with Crippen LogP contribution in [-0.4, -0.2) is 41.5 Å². The number of pyridine rings is 1. The Balaban J connectivity index is 1.92. The number of rotatable bonds is 8. The van der Waals surface area contributed by atoms with E-state index in [1.54, 1.807) is 26.0 Å². The molecule has 1 aromatic heterocycles. The fourth-order valence-corrected chi connectivity index (χ4v) is 4.00. The summed E-state index contributed by atoms with van der Waals surface area (Å²) in [5.74, 6) is 0. The van der Waals surface area contributed by atoms with Crippen LogP contribution in [0.25, 0.3) is 11.1 Å². The van der Waals surface area contributed by atoms with Crippen LogP contribution >= 0.6 is 0 Å². The summed E-state index contributed by atoms with van der Waals surface area (Å²) in [7, 11) is 5.10. The maximum Gasteiger partial charge on any atom is 0.319 e. The second-order valence-electron chi connectivity index (χ2n) is 8.73. The van der Waals surface area contributed by atoms with Crippen molar-refractivity contribution in [2.75, 3.05) is 21.1 Å². The van der Waals surface area contributed by atoms with E-state index in [1.807, 2.05) is 65.2 Å². The predicted molar refractivity (Wildman–Crippen MR) is 136 cm³/mol. The minimum Gasteiger partial charge on any atom is -0.331 e. The molecule has 2 aromatic carbocycles. The van der Waals surface area contributed by atoms with Crippen molar-refractivity contribution in [2.24, 2.45) is 0 Å². The van der Waals surface area contributed by atoms with Gasteiger partial charge in [0.05, 0.1) is 24.7 Å². The molecular weight excluding hydrogens is 424 g/mol. The van der Waals surface area contributed by atoms with Crippen LogP contribution in [-0.2, 0) is 19.5 Å². The van der Waals surface area contributed by atoms with Crippen molar-refractivity contribution in [3.63, 3.8) is 0 Å². The molecule has 0 bridgehead atoms. The summed E-state index contributed by atoms with van der Waals surface area (Å²) in [6, 6.07) is 21.5. The zero-order chi connectivity index (χ0) is 24.7. The normalized spacial score (nSPS) is 10.6. The predicted octanol–water partition coefficient (Wildman–Crippen LogP) is 4.89. The summed E-state index contributed by atoms with van der Waals surface area (Å²) in [6.07, 6.45) is 2.87. The standard InChI is InChI=1S/C28H32N4O2/c1-5-6-10-25-17-16-24(20-31(4)28(34)30(2)3)27(33)32(25)19-21-12-14-22(15-13-21)26-11-8-7-9-23(26)18-29/h7-9,11-17H,5-6,10,19-20H2,1-4H3. The molecule has 2 amide bonds. The lowest BCUT2D eigenvalue weighted by molar-refractivity contribution is 0.179.